The second-order valence-electron chi connectivity index (χ2n) is 7.50. The van der Waals surface area contributed by atoms with Crippen LogP contribution in [0.3, 0.4) is 0 Å². The summed E-state index contributed by atoms with van der Waals surface area (Å²) in [6.45, 7) is 0. The summed E-state index contributed by atoms with van der Waals surface area (Å²) in [6, 6.07) is 17.9. The highest BCUT2D eigenvalue weighted by atomic mass is 19.4. The van der Waals surface area contributed by atoms with Crippen LogP contribution in [0.2, 0.25) is 0 Å². The van der Waals surface area contributed by atoms with E-state index < -0.39 is 12.1 Å². The van der Waals surface area contributed by atoms with E-state index in [9.17, 15) is 13.2 Å². The summed E-state index contributed by atoms with van der Waals surface area (Å²) in [5.74, 6) is 0.174. The molecule has 1 aliphatic rings. The standard InChI is InChI=1S/C22H23N3O.C2HF3O2/c1-2-7-17(8-3-1)20-9-6-16-24-22(20)26-19-13-11-18(12-14-19)25-21-10-4-5-15-23-21;3-2(4,5)1(6)7/h4-6,9-17H,1-3,7-8H2,(H,23,25);(H,6,7). The molecule has 0 bridgehead atoms. The molecule has 1 fully saturated rings. The van der Waals surface area contributed by atoms with Gasteiger partial charge in [-0.05, 0) is 61.2 Å². The number of anilines is 2. The average Bonchev–Trinajstić information content (AvgIpc) is 2.82. The number of carbonyl (C=O) groups is 1. The SMILES string of the molecule is O=C(O)C(F)(F)F.c1ccc(Nc2ccc(Oc3ncccc3C3CCCCC3)cc2)nc1. The fourth-order valence-corrected chi connectivity index (χ4v) is 3.52. The van der Waals surface area contributed by atoms with E-state index in [0.29, 0.717) is 5.92 Å². The molecule has 6 nitrogen and oxygen atoms in total. The van der Waals surface area contributed by atoms with Crippen LogP contribution in [0.1, 0.15) is 43.6 Å². The topological polar surface area (TPSA) is 84.3 Å². The monoisotopic (exact) mass is 459 g/mol. The Morgan fingerprint density at radius 3 is 2.21 bits per heavy atom. The highest BCUT2D eigenvalue weighted by Crippen LogP contribution is 2.37. The Hall–Kier alpha value is -3.62. The third-order valence-corrected chi connectivity index (χ3v) is 5.09. The van der Waals surface area contributed by atoms with Gasteiger partial charge in [0, 0.05) is 23.6 Å². The Labute approximate surface area is 189 Å². The number of rotatable bonds is 5. The van der Waals surface area contributed by atoms with Crippen LogP contribution in [0.5, 0.6) is 11.6 Å². The van der Waals surface area contributed by atoms with Crippen LogP contribution in [-0.4, -0.2) is 27.2 Å². The van der Waals surface area contributed by atoms with Crippen molar-refractivity contribution in [2.45, 2.75) is 44.2 Å². The van der Waals surface area contributed by atoms with E-state index >= 15 is 0 Å². The largest absolute Gasteiger partial charge is 0.490 e. The van der Waals surface area contributed by atoms with Crippen molar-refractivity contribution in [3.05, 3.63) is 72.6 Å². The van der Waals surface area contributed by atoms with Crippen molar-refractivity contribution in [3.63, 3.8) is 0 Å². The number of aromatic nitrogens is 2. The first-order chi connectivity index (χ1) is 15.8. The minimum Gasteiger partial charge on any atom is -0.475 e. The van der Waals surface area contributed by atoms with Crippen LogP contribution in [0.15, 0.2) is 67.0 Å². The smallest absolute Gasteiger partial charge is 0.475 e. The molecule has 0 atom stereocenters. The Bertz CT molecular complexity index is 1020. The van der Waals surface area contributed by atoms with Gasteiger partial charge in [0.2, 0.25) is 5.88 Å². The zero-order chi connectivity index (χ0) is 23.7. The maximum absolute atomic E-state index is 10.6. The number of ether oxygens (including phenoxy) is 1. The molecule has 1 aromatic carbocycles. The van der Waals surface area contributed by atoms with E-state index in [1.54, 1.807) is 12.4 Å². The number of hydrogen-bond donors (Lipinski definition) is 2. The number of carboxylic acid groups (broad SMARTS) is 1. The highest BCUT2D eigenvalue weighted by Gasteiger charge is 2.38. The molecule has 0 radical (unpaired) electrons. The summed E-state index contributed by atoms with van der Waals surface area (Å²) in [6.07, 6.45) is 4.90. The van der Waals surface area contributed by atoms with Gasteiger partial charge < -0.3 is 15.2 Å². The summed E-state index contributed by atoms with van der Waals surface area (Å²) in [5, 5.41) is 10.4. The summed E-state index contributed by atoms with van der Waals surface area (Å²) in [7, 11) is 0. The molecule has 3 aromatic rings. The Morgan fingerprint density at radius 2 is 1.61 bits per heavy atom. The molecule has 0 unspecified atom stereocenters. The van der Waals surface area contributed by atoms with Crippen LogP contribution in [-0.2, 0) is 4.79 Å². The number of nitrogens with zero attached hydrogens (tertiary/aromatic N) is 2. The number of benzene rings is 1. The van der Waals surface area contributed by atoms with Crippen LogP contribution in [0, 0.1) is 0 Å². The second-order valence-corrected chi connectivity index (χ2v) is 7.50. The highest BCUT2D eigenvalue weighted by molar-refractivity contribution is 5.73. The van der Waals surface area contributed by atoms with E-state index in [1.807, 2.05) is 48.5 Å². The van der Waals surface area contributed by atoms with Gasteiger partial charge in [0.05, 0.1) is 0 Å². The molecule has 33 heavy (non-hydrogen) atoms. The first kappa shape index (κ1) is 24.0. The van der Waals surface area contributed by atoms with Crippen molar-refractivity contribution in [1.82, 2.24) is 9.97 Å². The van der Waals surface area contributed by atoms with Gasteiger partial charge in [-0.15, -0.1) is 0 Å². The van der Waals surface area contributed by atoms with Gasteiger partial charge in [0.15, 0.2) is 0 Å². The van der Waals surface area contributed by atoms with Crippen molar-refractivity contribution < 1.29 is 27.8 Å². The molecule has 9 heteroatoms. The number of carboxylic acids is 1. The number of hydrogen-bond acceptors (Lipinski definition) is 5. The lowest BCUT2D eigenvalue weighted by atomic mass is 9.84. The first-order valence-corrected chi connectivity index (χ1v) is 10.5. The lowest BCUT2D eigenvalue weighted by Gasteiger charge is -2.23. The Balaban J connectivity index is 0.000000383. The molecular formula is C24H24F3N3O3. The minimum absolute atomic E-state index is 0.567. The summed E-state index contributed by atoms with van der Waals surface area (Å²) < 4.78 is 37.8. The first-order valence-electron chi connectivity index (χ1n) is 10.5. The molecule has 0 aliphatic heterocycles. The molecule has 174 valence electrons. The number of nitrogens with one attached hydrogen (secondary N) is 1. The van der Waals surface area contributed by atoms with Crippen LogP contribution >= 0.6 is 0 Å². The van der Waals surface area contributed by atoms with E-state index in [2.05, 4.69) is 21.4 Å². The lowest BCUT2D eigenvalue weighted by Crippen LogP contribution is -2.21. The zero-order valence-electron chi connectivity index (χ0n) is 17.8. The Kier molecular flexibility index (Phi) is 8.23. The lowest BCUT2D eigenvalue weighted by molar-refractivity contribution is -0.192. The van der Waals surface area contributed by atoms with E-state index in [0.717, 1.165) is 23.1 Å². The number of pyridine rings is 2. The molecular weight excluding hydrogens is 435 g/mol. The van der Waals surface area contributed by atoms with Gasteiger partial charge in [-0.3, -0.25) is 0 Å². The average molecular weight is 459 g/mol. The zero-order valence-corrected chi connectivity index (χ0v) is 17.8. The van der Waals surface area contributed by atoms with E-state index in [-0.39, 0.29) is 0 Å². The maximum atomic E-state index is 10.6. The number of halogens is 3. The van der Waals surface area contributed by atoms with E-state index in [4.69, 9.17) is 14.6 Å². The maximum Gasteiger partial charge on any atom is 0.490 e. The van der Waals surface area contributed by atoms with Crippen molar-refractivity contribution in [2.24, 2.45) is 0 Å². The molecule has 0 spiro atoms. The van der Waals surface area contributed by atoms with Crippen LogP contribution in [0.4, 0.5) is 24.7 Å². The van der Waals surface area contributed by atoms with Gasteiger partial charge in [-0.1, -0.05) is 31.4 Å². The van der Waals surface area contributed by atoms with Crippen molar-refractivity contribution in [2.75, 3.05) is 5.32 Å². The summed E-state index contributed by atoms with van der Waals surface area (Å²) in [4.78, 5) is 17.7. The van der Waals surface area contributed by atoms with Crippen molar-refractivity contribution in [3.8, 4) is 11.6 Å². The third-order valence-electron chi connectivity index (χ3n) is 5.09. The molecule has 4 rings (SSSR count). The summed E-state index contributed by atoms with van der Waals surface area (Å²) in [5.41, 5.74) is 2.22. The summed E-state index contributed by atoms with van der Waals surface area (Å²) >= 11 is 0. The fourth-order valence-electron chi connectivity index (χ4n) is 3.52. The van der Waals surface area contributed by atoms with Crippen molar-refractivity contribution in [1.29, 1.82) is 0 Å². The van der Waals surface area contributed by atoms with Gasteiger partial charge >= 0.3 is 12.1 Å². The van der Waals surface area contributed by atoms with Gasteiger partial charge in [-0.25, -0.2) is 14.8 Å². The van der Waals surface area contributed by atoms with Crippen LogP contribution < -0.4 is 10.1 Å². The Morgan fingerprint density at radius 1 is 0.939 bits per heavy atom. The molecule has 1 aliphatic carbocycles. The minimum atomic E-state index is -5.08. The predicted molar refractivity (Wildman–Crippen MR) is 118 cm³/mol. The fraction of sp³-hybridized carbons (Fsp3) is 0.292. The molecule has 2 heterocycles. The van der Waals surface area contributed by atoms with Gasteiger partial charge in [-0.2, -0.15) is 13.2 Å². The van der Waals surface area contributed by atoms with Gasteiger partial charge in [0.25, 0.3) is 0 Å². The predicted octanol–water partition coefficient (Wildman–Crippen LogP) is 6.69. The number of alkyl halides is 3. The molecule has 0 saturated heterocycles. The van der Waals surface area contributed by atoms with Crippen LogP contribution in [0.25, 0.3) is 0 Å². The van der Waals surface area contributed by atoms with E-state index in [1.165, 1.54) is 37.7 Å². The molecule has 2 aromatic heterocycles. The quantitative estimate of drug-likeness (QED) is 0.442. The number of aliphatic carboxylic acids is 1. The molecule has 1 saturated carbocycles. The van der Waals surface area contributed by atoms with Crippen molar-refractivity contribution >= 4 is 17.5 Å². The molecule has 0 amide bonds. The van der Waals surface area contributed by atoms with Gasteiger partial charge in [0.1, 0.15) is 11.6 Å². The third kappa shape index (κ3) is 7.48. The molecule has 2 N–H and O–H groups in total. The second kappa shape index (κ2) is 11.3. The normalized spacial score (nSPS) is 14.0.